The molecule has 0 aliphatic carbocycles. The second-order valence-electron chi connectivity index (χ2n) is 9.85. The van der Waals surface area contributed by atoms with Crippen molar-refractivity contribution in [3.63, 3.8) is 0 Å². The van der Waals surface area contributed by atoms with E-state index < -0.39 is 5.97 Å². The maximum Gasteiger partial charge on any atom is 0.335 e. The number of hydrogen-bond acceptors (Lipinski definition) is 5. The van der Waals surface area contributed by atoms with Gasteiger partial charge in [0.25, 0.3) is 0 Å². The fourth-order valence-corrected chi connectivity index (χ4v) is 5.85. The maximum atomic E-state index is 12.0. The zero-order valence-corrected chi connectivity index (χ0v) is 21.2. The summed E-state index contributed by atoms with van der Waals surface area (Å²) in [6.07, 6.45) is 1.85. The van der Waals surface area contributed by atoms with Gasteiger partial charge in [0.1, 0.15) is 0 Å². The van der Waals surface area contributed by atoms with E-state index in [0.29, 0.717) is 19.1 Å². The molecule has 8 heteroatoms. The molecular weight excluding hydrogens is 466 g/mol. The summed E-state index contributed by atoms with van der Waals surface area (Å²) in [5, 5.41) is 19.3. The molecule has 188 valence electrons. The van der Waals surface area contributed by atoms with Crippen LogP contribution in [0.3, 0.4) is 0 Å². The van der Waals surface area contributed by atoms with Gasteiger partial charge in [0.15, 0.2) is 0 Å². The molecule has 1 atom stereocenters. The van der Waals surface area contributed by atoms with Gasteiger partial charge in [0.05, 0.1) is 39.5 Å². The van der Waals surface area contributed by atoms with Gasteiger partial charge in [0.2, 0.25) is 0 Å². The summed E-state index contributed by atoms with van der Waals surface area (Å²) < 4.78 is 9.83. The van der Waals surface area contributed by atoms with Crippen molar-refractivity contribution in [2.24, 2.45) is 13.0 Å². The summed E-state index contributed by atoms with van der Waals surface area (Å²) in [4.78, 5) is 17.1. The first-order valence-electron chi connectivity index (χ1n) is 12.6. The van der Waals surface area contributed by atoms with Crippen LogP contribution in [0.2, 0.25) is 0 Å². The van der Waals surface area contributed by atoms with Gasteiger partial charge in [-0.05, 0) is 62.4 Å². The number of rotatable bonds is 5. The first-order chi connectivity index (χ1) is 17.9. The monoisotopic (exact) mass is 495 g/mol. The molecule has 1 unspecified atom stereocenters. The Balaban J connectivity index is 1.72. The van der Waals surface area contributed by atoms with Crippen LogP contribution in [0, 0.1) is 19.8 Å². The number of nitrogens with zero attached hydrogens (tertiary/aromatic N) is 5. The smallest absolute Gasteiger partial charge is 0.335 e. The number of fused-ring (bicyclic) bond motifs is 3. The van der Waals surface area contributed by atoms with E-state index in [1.54, 1.807) is 16.8 Å². The van der Waals surface area contributed by atoms with Crippen molar-refractivity contribution in [2.45, 2.75) is 32.7 Å². The molecule has 6 rings (SSSR count). The number of aromatic carboxylic acids is 1. The predicted octanol–water partition coefficient (Wildman–Crippen LogP) is 5.32. The van der Waals surface area contributed by atoms with Gasteiger partial charge >= 0.3 is 5.97 Å². The van der Waals surface area contributed by atoms with E-state index in [1.165, 1.54) is 5.56 Å². The van der Waals surface area contributed by atoms with Crippen molar-refractivity contribution in [1.29, 1.82) is 0 Å². The van der Waals surface area contributed by atoms with E-state index in [1.807, 2.05) is 33.0 Å². The molecule has 1 aliphatic rings. The highest BCUT2D eigenvalue weighted by atomic mass is 16.5. The van der Waals surface area contributed by atoms with E-state index in [-0.39, 0.29) is 11.6 Å². The quantitative estimate of drug-likeness (QED) is 0.355. The zero-order valence-electron chi connectivity index (χ0n) is 21.2. The second kappa shape index (κ2) is 9.12. The number of aromatic nitrogens is 5. The minimum atomic E-state index is -0.942. The van der Waals surface area contributed by atoms with Crippen LogP contribution in [-0.4, -0.2) is 48.8 Å². The number of carbonyl (C=O) groups is 1. The Labute approximate surface area is 214 Å². The van der Waals surface area contributed by atoms with Gasteiger partial charge in [-0.1, -0.05) is 35.5 Å². The lowest BCUT2D eigenvalue weighted by atomic mass is 9.86. The molecule has 0 radical (unpaired) electrons. The molecule has 0 spiro atoms. The molecule has 1 fully saturated rings. The second-order valence-corrected chi connectivity index (χ2v) is 9.85. The Morgan fingerprint density at radius 1 is 1.03 bits per heavy atom. The minimum Gasteiger partial charge on any atom is -0.478 e. The van der Waals surface area contributed by atoms with Gasteiger partial charge in [-0.2, -0.15) is 0 Å². The van der Waals surface area contributed by atoms with Crippen LogP contribution in [0.1, 0.15) is 46.2 Å². The molecule has 1 N–H and O–H groups in total. The molecular formula is C29H29N5O3. The molecule has 3 aromatic heterocycles. The first-order valence-corrected chi connectivity index (χ1v) is 12.6. The molecule has 5 aromatic rings. The molecule has 4 heterocycles. The molecule has 1 saturated heterocycles. The number of ether oxygens (including phenoxy) is 1. The summed E-state index contributed by atoms with van der Waals surface area (Å²) in [6, 6.07) is 18.0. The lowest BCUT2D eigenvalue weighted by Gasteiger charge is -2.33. The van der Waals surface area contributed by atoms with Crippen molar-refractivity contribution >= 4 is 27.9 Å². The molecule has 1 aliphatic heterocycles. The highest BCUT2D eigenvalue weighted by Crippen LogP contribution is 2.42. The third-order valence-corrected chi connectivity index (χ3v) is 7.59. The largest absolute Gasteiger partial charge is 0.478 e. The van der Waals surface area contributed by atoms with Crippen molar-refractivity contribution in [3.05, 3.63) is 77.1 Å². The number of hydrogen-bond donors (Lipinski definition) is 1. The molecule has 0 bridgehead atoms. The van der Waals surface area contributed by atoms with Crippen LogP contribution >= 0.6 is 0 Å². The molecule has 0 saturated carbocycles. The highest BCUT2D eigenvalue weighted by Gasteiger charge is 2.31. The number of aryl methyl sites for hydroxylation is 3. The molecule has 2 aromatic carbocycles. The normalized spacial score (nSPS) is 15.4. The van der Waals surface area contributed by atoms with Crippen LogP contribution in [-0.2, 0) is 11.8 Å². The zero-order chi connectivity index (χ0) is 25.7. The number of carboxylic acid groups (broad SMARTS) is 1. The standard InChI is InChI=1S/C29H29N5O3/c1-17-23(27-18(2)31-32-33(27)3)16-25-26(30-17)22-10-9-21(29(35)36)15-24(22)34(25)28(19-7-5-4-6-8-19)20-11-13-37-14-12-20/h4-10,15-16,20,28H,11-14H2,1-3H3,(H,35,36). The van der Waals surface area contributed by atoms with Gasteiger partial charge in [-0.3, -0.25) is 4.98 Å². The van der Waals surface area contributed by atoms with Crippen LogP contribution in [0.4, 0.5) is 0 Å². The lowest BCUT2D eigenvalue weighted by Crippen LogP contribution is -2.27. The van der Waals surface area contributed by atoms with E-state index in [0.717, 1.165) is 57.4 Å². The first kappa shape index (κ1) is 23.4. The number of pyridine rings is 1. The van der Waals surface area contributed by atoms with E-state index in [4.69, 9.17) is 9.72 Å². The van der Waals surface area contributed by atoms with Gasteiger partial charge in [-0.25, -0.2) is 9.48 Å². The summed E-state index contributed by atoms with van der Waals surface area (Å²) in [6.45, 7) is 5.39. The number of carboxylic acids is 1. The molecule has 0 amide bonds. The van der Waals surface area contributed by atoms with Crippen LogP contribution in [0.5, 0.6) is 0 Å². The van der Waals surface area contributed by atoms with E-state index in [2.05, 4.69) is 45.2 Å². The number of benzene rings is 2. The Morgan fingerprint density at radius 2 is 1.78 bits per heavy atom. The predicted molar refractivity (Wildman–Crippen MR) is 142 cm³/mol. The van der Waals surface area contributed by atoms with Crippen LogP contribution < -0.4 is 0 Å². The lowest BCUT2D eigenvalue weighted by molar-refractivity contribution is 0.0553. The van der Waals surface area contributed by atoms with Crippen molar-refractivity contribution in [1.82, 2.24) is 24.5 Å². The highest BCUT2D eigenvalue weighted by molar-refractivity contribution is 6.08. The van der Waals surface area contributed by atoms with Crippen LogP contribution in [0.15, 0.2) is 54.6 Å². The van der Waals surface area contributed by atoms with Gasteiger partial charge < -0.3 is 14.4 Å². The third kappa shape index (κ3) is 3.88. The Morgan fingerprint density at radius 3 is 2.46 bits per heavy atom. The van der Waals surface area contributed by atoms with E-state index in [9.17, 15) is 9.90 Å². The molecule has 37 heavy (non-hydrogen) atoms. The Hall–Kier alpha value is -4.04. The van der Waals surface area contributed by atoms with Gasteiger partial charge in [-0.15, -0.1) is 5.10 Å². The Bertz CT molecular complexity index is 1610. The SMILES string of the molecule is Cc1nc2c3ccc(C(=O)O)cc3n(C(c3ccccc3)C3CCOCC3)c2cc1-c1c(C)nnn1C. The topological polar surface area (TPSA) is 95.1 Å². The fraction of sp³-hybridized carbons (Fsp3) is 0.310. The molecule has 8 nitrogen and oxygen atoms in total. The van der Waals surface area contributed by atoms with Crippen LogP contribution in [0.25, 0.3) is 33.2 Å². The summed E-state index contributed by atoms with van der Waals surface area (Å²) in [5.41, 5.74) is 7.79. The van der Waals surface area contributed by atoms with Crippen molar-refractivity contribution in [3.8, 4) is 11.3 Å². The van der Waals surface area contributed by atoms with E-state index >= 15 is 0 Å². The maximum absolute atomic E-state index is 12.0. The van der Waals surface area contributed by atoms with Crippen molar-refractivity contribution in [2.75, 3.05) is 13.2 Å². The summed E-state index contributed by atoms with van der Waals surface area (Å²) in [7, 11) is 1.89. The fourth-order valence-electron chi connectivity index (χ4n) is 5.85. The summed E-state index contributed by atoms with van der Waals surface area (Å²) >= 11 is 0. The summed E-state index contributed by atoms with van der Waals surface area (Å²) in [5.74, 6) is -0.615. The van der Waals surface area contributed by atoms with Gasteiger partial charge in [0, 0.05) is 36.9 Å². The Kier molecular flexibility index (Phi) is 5.76. The minimum absolute atomic E-state index is 0.00254. The third-order valence-electron chi connectivity index (χ3n) is 7.59. The average molecular weight is 496 g/mol. The van der Waals surface area contributed by atoms with Crippen molar-refractivity contribution < 1.29 is 14.6 Å². The average Bonchev–Trinajstić information content (AvgIpc) is 3.40.